The Hall–Kier alpha value is -2.30. The van der Waals surface area contributed by atoms with Gasteiger partial charge >= 0.3 is 6.09 Å². The van der Waals surface area contributed by atoms with Crippen molar-refractivity contribution in [3.63, 3.8) is 0 Å². The van der Waals surface area contributed by atoms with E-state index in [2.05, 4.69) is 10.3 Å². The molecule has 1 atom stereocenters. The van der Waals surface area contributed by atoms with Crippen molar-refractivity contribution in [1.29, 1.82) is 0 Å². The quantitative estimate of drug-likeness (QED) is 0.845. The molecule has 1 heterocycles. The summed E-state index contributed by atoms with van der Waals surface area (Å²) in [7, 11) is 0. The lowest BCUT2D eigenvalue weighted by molar-refractivity contribution is -0.109. The van der Waals surface area contributed by atoms with Crippen molar-refractivity contribution in [1.82, 2.24) is 10.3 Å². The molecule has 1 amide bonds. The first kappa shape index (κ1) is 14.1. The van der Waals surface area contributed by atoms with Crippen molar-refractivity contribution in [3.8, 4) is 0 Å². The van der Waals surface area contributed by atoms with E-state index in [0.717, 1.165) is 10.9 Å². The maximum Gasteiger partial charge on any atom is 0.408 e. The predicted octanol–water partition coefficient (Wildman–Crippen LogP) is 2.93. The minimum atomic E-state index is -0.753. The third-order valence-electron chi connectivity index (χ3n) is 2.69. The van der Waals surface area contributed by atoms with E-state index in [1.54, 1.807) is 20.8 Å². The normalized spacial score (nSPS) is 12.9. The van der Waals surface area contributed by atoms with Crippen LogP contribution in [-0.2, 0) is 9.53 Å². The van der Waals surface area contributed by atoms with Gasteiger partial charge in [0.1, 0.15) is 17.9 Å². The number of amides is 1. The van der Waals surface area contributed by atoms with Gasteiger partial charge in [0.15, 0.2) is 0 Å². The Bertz CT molecular complexity index is 592. The topological polar surface area (TPSA) is 71.2 Å². The fraction of sp³-hybridized carbons (Fsp3) is 0.333. The molecule has 5 nitrogen and oxygen atoms in total. The van der Waals surface area contributed by atoms with Crippen molar-refractivity contribution in [3.05, 3.63) is 36.0 Å². The average Bonchev–Trinajstić information content (AvgIpc) is 2.77. The van der Waals surface area contributed by atoms with E-state index in [-0.39, 0.29) is 0 Å². The summed E-state index contributed by atoms with van der Waals surface area (Å²) in [5.41, 5.74) is 0.949. The SMILES string of the molecule is CC(C)(C)OC(=O)NC(C=O)c1cc2ccccc2[nH]1. The number of ether oxygens (including phenoxy) is 1. The minimum absolute atomic E-state index is 0.599. The van der Waals surface area contributed by atoms with E-state index < -0.39 is 17.7 Å². The van der Waals surface area contributed by atoms with Gasteiger partial charge in [-0.05, 0) is 38.3 Å². The van der Waals surface area contributed by atoms with Gasteiger partial charge in [-0.1, -0.05) is 18.2 Å². The van der Waals surface area contributed by atoms with Gasteiger partial charge in [0.25, 0.3) is 0 Å². The molecule has 0 aliphatic heterocycles. The molecule has 0 fully saturated rings. The molecule has 1 aromatic heterocycles. The lowest BCUT2D eigenvalue weighted by atomic mass is 10.2. The Morgan fingerprint density at radius 3 is 2.65 bits per heavy atom. The van der Waals surface area contributed by atoms with Crippen molar-refractivity contribution in [2.24, 2.45) is 0 Å². The van der Waals surface area contributed by atoms with Gasteiger partial charge in [0, 0.05) is 11.2 Å². The summed E-state index contributed by atoms with van der Waals surface area (Å²) < 4.78 is 5.14. The number of hydrogen-bond donors (Lipinski definition) is 2. The van der Waals surface area contributed by atoms with E-state index in [4.69, 9.17) is 4.74 Å². The molecule has 2 N–H and O–H groups in total. The number of para-hydroxylation sites is 1. The van der Waals surface area contributed by atoms with Gasteiger partial charge in [-0.2, -0.15) is 0 Å². The Balaban J connectivity index is 2.15. The second-order valence-corrected chi connectivity index (χ2v) is 5.57. The van der Waals surface area contributed by atoms with Gasteiger partial charge < -0.3 is 19.8 Å². The molecule has 0 aliphatic carbocycles. The Labute approximate surface area is 117 Å². The number of carbonyl (C=O) groups is 2. The third kappa shape index (κ3) is 3.38. The molecule has 20 heavy (non-hydrogen) atoms. The summed E-state index contributed by atoms with van der Waals surface area (Å²) in [6, 6.07) is 8.75. The van der Waals surface area contributed by atoms with Gasteiger partial charge in [0.05, 0.1) is 0 Å². The molecule has 0 saturated heterocycles. The second kappa shape index (κ2) is 5.36. The van der Waals surface area contributed by atoms with Gasteiger partial charge in [-0.15, -0.1) is 0 Å². The zero-order valence-electron chi connectivity index (χ0n) is 11.8. The van der Waals surface area contributed by atoms with Crippen molar-refractivity contribution < 1.29 is 14.3 Å². The van der Waals surface area contributed by atoms with Crippen LogP contribution in [0.4, 0.5) is 4.79 Å². The number of rotatable bonds is 3. The van der Waals surface area contributed by atoms with Crippen molar-refractivity contribution >= 4 is 23.3 Å². The minimum Gasteiger partial charge on any atom is -0.444 e. The lowest BCUT2D eigenvalue weighted by Crippen LogP contribution is -2.35. The fourth-order valence-electron chi connectivity index (χ4n) is 1.88. The number of hydrogen-bond acceptors (Lipinski definition) is 3. The first-order valence-corrected chi connectivity index (χ1v) is 6.41. The van der Waals surface area contributed by atoms with Crippen LogP contribution in [0.1, 0.15) is 32.5 Å². The average molecular weight is 274 g/mol. The summed E-state index contributed by atoms with van der Waals surface area (Å²) >= 11 is 0. The number of fused-ring (bicyclic) bond motifs is 1. The largest absolute Gasteiger partial charge is 0.444 e. The standard InChI is InChI=1S/C15H18N2O3/c1-15(2,3)20-14(19)17-13(9-18)12-8-10-6-4-5-7-11(10)16-12/h4-9,13,16H,1-3H3,(H,17,19). The number of aromatic nitrogens is 1. The highest BCUT2D eigenvalue weighted by molar-refractivity contribution is 5.82. The highest BCUT2D eigenvalue weighted by atomic mass is 16.6. The monoisotopic (exact) mass is 274 g/mol. The maximum absolute atomic E-state index is 11.7. The molecule has 2 aromatic rings. The number of aldehydes is 1. The zero-order chi connectivity index (χ0) is 14.8. The lowest BCUT2D eigenvalue weighted by Gasteiger charge is -2.21. The molecule has 2 rings (SSSR count). The highest BCUT2D eigenvalue weighted by Gasteiger charge is 2.21. The summed E-state index contributed by atoms with van der Waals surface area (Å²) in [6.45, 7) is 5.31. The van der Waals surface area contributed by atoms with Crippen LogP contribution in [0.5, 0.6) is 0 Å². The third-order valence-corrected chi connectivity index (χ3v) is 2.69. The number of carbonyl (C=O) groups excluding carboxylic acids is 2. The van der Waals surface area contributed by atoms with E-state index in [1.807, 2.05) is 30.3 Å². The van der Waals surface area contributed by atoms with Crippen LogP contribution in [0.2, 0.25) is 0 Å². The van der Waals surface area contributed by atoms with Crippen LogP contribution >= 0.6 is 0 Å². The molecule has 106 valence electrons. The second-order valence-electron chi connectivity index (χ2n) is 5.57. The number of nitrogens with one attached hydrogen (secondary N) is 2. The molecule has 0 aliphatic rings. The number of aromatic amines is 1. The smallest absolute Gasteiger partial charge is 0.408 e. The van der Waals surface area contributed by atoms with Crippen LogP contribution < -0.4 is 5.32 Å². The van der Waals surface area contributed by atoms with E-state index in [9.17, 15) is 9.59 Å². The predicted molar refractivity (Wildman–Crippen MR) is 76.5 cm³/mol. The number of benzene rings is 1. The summed E-state index contributed by atoms with van der Waals surface area (Å²) in [5, 5.41) is 3.53. The first-order chi connectivity index (χ1) is 9.39. The van der Waals surface area contributed by atoms with E-state index >= 15 is 0 Å². The van der Waals surface area contributed by atoms with Crippen molar-refractivity contribution in [2.45, 2.75) is 32.4 Å². The summed E-state index contributed by atoms with van der Waals surface area (Å²) in [6.07, 6.45) is 0.0579. The number of H-pyrrole nitrogens is 1. The van der Waals surface area contributed by atoms with Gasteiger partial charge in [-0.25, -0.2) is 4.79 Å². The molecule has 0 radical (unpaired) electrons. The molecule has 0 spiro atoms. The van der Waals surface area contributed by atoms with Crippen LogP contribution in [0.15, 0.2) is 30.3 Å². The molecule has 1 aromatic carbocycles. The summed E-state index contributed by atoms with van der Waals surface area (Å²) in [4.78, 5) is 26.0. The number of alkyl carbamates (subject to hydrolysis) is 1. The molecule has 0 bridgehead atoms. The van der Waals surface area contributed by atoms with E-state index in [1.165, 1.54) is 0 Å². The summed E-state index contributed by atoms with van der Waals surface area (Å²) in [5.74, 6) is 0. The zero-order valence-corrected chi connectivity index (χ0v) is 11.8. The van der Waals surface area contributed by atoms with Crippen LogP contribution in [0.25, 0.3) is 10.9 Å². The molecular formula is C15H18N2O3. The van der Waals surface area contributed by atoms with Gasteiger partial charge in [0.2, 0.25) is 0 Å². The van der Waals surface area contributed by atoms with E-state index in [0.29, 0.717) is 12.0 Å². The Morgan fingerprint density at radius 1 is 1.35 bits per heavy atom. The fourth-order valence-corrected chi connectivity index (χ4v) is 1.88. The molecule has 0 saturated carbocycles. The molecule has 1 unspecified atom stereocenters. The molecule has 5 heteroatoms. The van der Waals surface area contributed by atoms with Crippen LogP contribution in [0.3, 0.4) is 0 Å². The van der Waals surface area contributed by atoms with Crippen LogP contribution in [0, 0.1) is 0 Å². The first-order valence-electron chi connectivity index (χ1n) is 6.41. The van der Waals surface area contributed by atoms with Crippen molar-refractivity contribution in [2.75, 3.05) is 0 Å². The Kier molecular flexibility index (Phi) is 3.79. The highest BCUT2D eigenvalue weighted by Crippen LogP contribution is 2.19. The van der Waals surface area contributed by atoms with Gasteiger partial charge in [-0.3, -0.25) is 0 Å². The molecular weight excluding hydrogens is 256 g/mol. The van der Waals surface area contributed by atoms with Crippen LogP contribution in [-0.4, -0.2) is 23.0 Å². The Morgan fingerprint density at radius 2 is 2.05 bits per heavy atom. The maximum atomic E-state index is 11.7.